The molecule has 4 heteroatoms. The summed E-state index contributed by atoms with van der Waals surface area (Å²) in [6.45, 7) is 2.73. The third kappa shape index (κ3) is 3.76. The molecule has 1 amide bonds. The zero-order valence-electron chi connectivity index (χ0n) is 12.0. The van der Waals surface area contributed by atoms with Crippen molar-refractivity contribution >= 4 is 11.6 Å². The Balaban J connectivity index is 1.94. The van der Waals surface area contributed by atoms with Crippen LogP contribution >= 0.6 is 0 Å². The summed E-state index contributed by atoms with van der Waals surface area (Å²) in [7, 11) is 0. The predicted molar refractivity (Wildman–Crippen MR) is 80.3 cm³/mol. The van der Waals surface area contributed by atoms with Crippen molar-refractivity contribution in [1.29, 1.82) is 0 Å². The summed E-state index contributed by atoms with van der Waals surface area (Å²) in [6, 6.07) is 7.14. The molecule has 0 bridgehead atoms. The molecule has 1 aliphatic rings. The van der Waals surface area contributed by atoms with Gasteiger partial charge in [0.05, 0.1) is 0 Å². The second-order valence-electron chi connectivity index (χ2n) is 4.94. The van der Waals surface area contributed by atoms with Gasteiger partial charge in [0.2, 0.25) is 0 Å². The SMILES string of the molecule is CCN(C(=O)COc1cccc(N)c1)C1=CCCCC1. The molecule has 1 aliphatic carbocycles. The van der Waals surface area contributed by atoms with E-state index >= 15 is 0 Å². The summed E-state index contributed by atoms with van der Waals surface area (Å²) < 4.78 is 5.52. The van der Waals surface area contributed by atoms with Crippen LogP contribution in [-0.4, -0.2) is 24.0 Å². The van der Waals surface area contributed by atoms with Gasteiger partial charge in [-0.25, -0.2) is 0 Å². The van der Waals surface area contributed by atoms with Crippen molar-refractivity contribution in [1.82, 2.24) is 4.90 Å². The number of carbonyl (C=O) groups excluding carboxylic acids is 1. The molecule has 0 unspecified atom stereocenters. The van der Waals surface area contributed by atoms with Gasteiger partial charge in [0.1, 0.15) is 5.75 Å². The van der Waals surface area contributed by atoms with E-state index in [9.17, 15) is 4.79 Å². The number of nitrogen functional groups attached to an aromatic ring is 1. The fourth-order valence-corrected chi connectivity index (χ4v) is 2.43. The molecule has 0 aromatic heterocycles. The third-order valence-corrected chi connectivity index (χ3v) is 3.45. The van der Waals surface area contributed by atoms with E-state index in [1.165, 1.54) is 6.42 Å². The summed E-state index contributed by atoms with van der Waals surface area (Å²) in [5, 5.41) is 0. The minimum absolute atomic E-state index is 0.00285. The topological polar surface area (TPSA) is 55.6 Å². The summed E-state index contributed by atoms with van der Waals surface area (Å²) >= 11 is 0. The first kappa shape index (κ1) is 14.4. The normalized spacial score (nSPS) is 14.6. The number of carbonyl (C=O) groups is 1. The highest BCUT2D eigenvalue weighted by Crippen LogP contribution is 2.21. The lowest BCUT2D eigenvalue weighted by Crippen LogP contribution is -2.34. The van der Waals surface area contributed by atoms with Crippen LogP contribution in [0.4, 0.5) is 5.69 Å². The van der Waals surface area contributed by atoms with Crippen molar-refractivity contribution in [3.63, 3.8) is 0 Å². The van der Waals surface area contributed by atoms with Crippen LogP contribution in [0.1, 0.15) is 32.6 Å². The summed E-state index contributed by atoms with van der Waals surface area (Å²) in [5.74, 6) is 0.634. The van der Waals surface area contributed by atoms with Gasteiger partial charge in [0, 0.05) is 24.0 Å². The molecule has 1 aromatic rings. The van der Waals surface area contributed by atoms with Gasteiger partial charge in [-0.3, -0.25) is 4.79 Å². The van der Waals surface area contributed by atoms with Crippen molar-refractivity contribution in [3.05, 3.63) is 36.0 Å². The largest absolute Gasteiger partial charge is 0.484 e. The van der Waals surface area contributed by atoms with E-state index < -0.39 is 0 Å². The Morgan fingerprint density at radius 3 is 2.90 bits per heavy atom. The Bertz CT molecular complexity index is 497. The van der Waals surface area contributed by atoms with Crippen LogP contribution in [-0.2, 0) is 4.79 Å². The first-order chi connectivity index (χ1) is 9.70. The van der Waals surface area contributed by atoms with E-state index in [1.54, 1.807) is 18.2 Å². The average Bonchev–Trinajstić information content (AvgIpc) is 2.47. The molecule has 2 N–H and O–H groups in total. The molecule has 2 rings (SSSR count). The molecule has 0 heterocycles. The molecule has 4 nitrogen and oxygen atoms in total. The maximum atomic E-state index is 12.3. The van der Waals surface area contributed by atoms with Gasteiger partial charge in [-0.1, -0.05) is 12.1 Å². The molecule has 0 atom stereocenters. The molecular weight excluding hydrogens is 252 g/mol. The van der Waals surface area contributed by atoms with Crippen LogP contribution in [0.5, 0.6) is 5.75 Å². The van der Waals surface area contributed by atoms with Crippen LogP contribution in [0.25, 0.3) is 0 Å². The van der Waals surface area contributed by atoms with E-state index in [1.807, 2.05) is 17.9 Å². The van der Waals surface area contributed by atoms with Crippen molar-refractivity contribution in [2.45, 2.75) is 32.6 Å². The van der Waals surface area contributed by atoms with Gasteiger partial charge in [0.25, 0.3) is 5.91 Å². The Morgan fingerprint density at radius 2 is 2.25 bits per heavy atom. The monoisotopic (exact) mass is 274 g/mol. The van der Waals surface area contributed by atoms with Crippen molar-refractivity contribution < 1.29 is 9.53 Å². The summed E-state index contributed by atoms with van der Waals surface area (Å²) in [6.07, 6.45) is 6.60. The lowest BCUT2D eigenvalue weighted by Gasteiger charge is -2.26. The quantitative estimate of drug-likeness (QED) is 0.840. The van der Waals surface area contributed by atoms with Crippen LogP contribution < -0.4 is 10.5 Å². The van der Waals surface area contributed by atoms with Crippen molar-refractivity contribution in [2.75, 3.05) is 18.9 Å². The number of ether oxygens (including phenoxy) is 1. The zero-order chi connectivity index (χ0) is 14.4. The number of hydrogen-bond donors (Lipinski definition) is 1. The number of rotatable bonds is 5. The van der Waals surface area contributed by atoms with E-state index in [-0.39, 0.29) is 12.5 Å². The van der Waals surface area contributed by atoms with Crippen LogP contribution in [0, 0.1) is 0 Å². The van der Waals surface area contributed by atoms with E-state index in [2.05, 4.69) is 6.08 Å². The number of nitrogens with two attached hydrogens (primary N) is 1. The number of allylic oxidation sites excluding steroid dienone is 2. The van der Waals surface area contributed by atoms with E-state index in [4.69, 9.17) is 10.5 Å². The fourth-order valence-electron chi connectivity index (χ4n) is 2.43. The maximum absolute atomic E-state index is 12.3. The minimum Gasteiger partial charge on any atom is -0.484 e. The van der Waals surface area contributed by atoms with Gasteiger partial charge in [-0.2, -0.15) is 0 Å². The van der Waals surface area contributed by atoms with Gasteiger partial charge in [0.15, 0.2) is 6.61 Å². The van der Waals surface area contributed by atoms with Crippen LogP contribution in [0.15, 0.2) is 36.0 Å². The number of nitrogens with zero attached hydrogens (tertiary/aromatic N) is 1. The number of amides is 1. The Labute approximate surface area is 120 Å². The number of likely N-dealkylation sites (N-methyl/N-ethyl adjacent to an activating group) is 1. The van der Waals surface area contributed by atoms with E-state index in [0.29, 0.717) is 18.0 Å². The van der Waals surface area contributed by atoms with Crippen molar-refractivity contribution in [2.24, 2.45) is 0 Å². The van der Waals surface area contributed by atoms with Crippen LogP contribution in [0.2, 0.25) is 0 Å². The number of anilines is 1. The molecule has 108 valence electrons. The van der Waals surface area contributed by atoms with Gasteiger partial charge < -0.3 is 15.4 Å². The molecule has 20 heavy (non-hydrogen) atoms. The molecule has 0 radical (unpaired) electrons. The van der Waals surface area contributed by atoms with Crippen molar-refractivity contribution in [3.8, 4) is 5.75 Å². The Morgan fingerprint density at radius 1 is 1.40 bits per heavy atom. The van der Waals surface area contributed by atoms with Gasteiger partial charge in [-0.05, 0) is 44.7 Å². The smallest absolute Gasteiger partial charge is 0.264 e. The lowest BCUT2D eigenvalue weighted by atomic mass is 10.0. The lowest BCUT2D eigenvalue weighted by molar-refractivity contribution is -0.131. The first-order valence-electron chi connectivity index (χ1n) is 7.18. The second kappa shape index (κ2) is 6.98. The fraction of sp³-hybridized carbons (Fsp3) is 0.438. The predicted octanol–water partition coefficient (Wildman–Crippen LogP) is 2.95. The maximum Gasteiger partial charge on any atom is 0.264 e. The average molecular weight is 274 g/mol. The van der Waals surface area contributed by atoms with Gasteiger partial charge >= 0.3 is 0 Å². The number of hydrogen-bond acceptors (Lipinski definition) is 3. The molecular formula is C16H22N2O2. The minimum atomic E-state index is 0.00285. The molecule has 0 saturated heterocycles. The van der Waals surface area contributed by atoms with Crippen LogP contribution in [0.3, 0.4) is 0 Å². The Kier molecular flexibility index (Phi) is 5.04. The summed E-state index contributed by atoms with van der Waals surface area (Å²) in [5.41, 5.74) is 7.46. The molecule has 0 aliphatic heterocycles. The molecule has 0 spiro atoms. The number of benzene rings is 1. The zero-order valence-corrected chi connectivity index (χ0v) is 12.0. The molecule has 1 aromatic carbocycles. The summed E-state index contributed by atoms with van der Waals surface area (Å²) in [4.78, 5) is 14.1. The van der Waals surface area contributed by atoms with Gasteiger partial charge in [-0.15, -0.1) is 0 Å². The highest BCUT2D eigenvalue weighted by atomic mass is 16.5. The second-order valence-corrected chi connectivity index (χ2v) is 4.94. The highest BCUT2D eigenvalue weighted by molar-refractivity contribution is 5.79. The molecule has 0 fully saturated rings. The molecule has 0 saturated carbocycles. The Hall–Kier alpha value is -1.97. The standard InChI is InChI=1S/C16H22N2O2/c1-2-18(14-8-4-3-5-9-14)16(19)12-20-15-10-6-7-13(17)11-15/h6-8,10-11H,2-5,9,12,17H2,1H3. The first-order valence-corrected chi connectivity index (χ1v) is 7.18. The third-order valence-electron chi connectivity index (χ3n) is 3.45. The highest BCUT2D eigenvalue weighted by Gasteiger charge is 2.18. The van der Waals surface area contributed by atoms with E-state index in [0.717, 1.165) is 25.0 Å².